The van der Waals surface area contributed by atoms with Crippen molar-refractivity contribution in [1.82, 2.24) is 4.90 Å². The van der Waals surface area contributed by atoms with Crippen molar-refractivity contribution in [3.8, 4) is 12.1 Å². The molecule has 0 heterocycles. The lowest BCUT2D eigenvalue weighted by atomic mass is 10.2. The lowest BCUT2D eigenvalue weighted by Crippen LogP contribution is -2.33. The summed E-state index contributed by atoms with van der Waals surface area (Å²) in [6.07, 6.45) is 0.235. The van der Waals surface area contributed by atoms with Crippen LogP contribution < -0.4 is 4.31 Å². The molecule has 0 bridgehead atoms. The van der Waals surface area contributed by atoms with E-state index >= 15 is 0 Å². The fourth-order valence-electron chi connectivity index (χ4n) is 2.63. The van der Waals surface area contributed by atoms with Gasteiger partial charge in [-0.25, -0.2) is 8.42 Å². The molecule has 0 aliphatic carbocycles. The van der Waals surface area contributed by atoms with Crippen molar-refractivity contribution in [2.45, 2.75) is 17.7 Å². The molecule has 150 valence electrons. The summed E-state index contributed by atoms with van der Waals surface area (Å²) >= 11 is 5.95. The largest absolute Gasteiger partial charge is 0.337 e. The molecule has 0 atom stereocenters. The molecular formula is C20H19ClN4O3S. The number of benzene rings is 2. The van der Waals surface area contributed by atoms with Crippen LogP contribution in [0.25, 0.3) is 0 Å². The molecule has 0 unspecified atom stereocenters. The lowest BCUT2D eigenvalue weighted by molar-refractivity contribution is 0.0762. The van der Waals surface area contributed by atoms with E-state index in [1.807, 2.05) is 12.1 Å². The van der Waals surface area contributed by atoms with E-state index in [0.717, 1.165) is 4.31 Å². The Morgan fingerprint density at radius 2 is 1.66 bits per heavy atom. The van der Waals surface area contributed by atoms with Crippen molar-refractivity contribution in [2.24, 2.45) is 0 Å². The molecule has 0 N–H and O–H groups in total. The molecule has 0 aliphatic heterocycles. The first-order valence-electron chi connectivity index (χ1n) is 8.69. The summed E-state index contributed by atoms with van der Waals surface area (Å²) in [7, 11) is -2.52. The van der Waals surface area contributed by atoms with Gasteiger partial charge in [-0.05, 0) is 36.4 Å². The van der Waals surface area contributed by atoms with Crippen LogP contribution in [0.2, 0.25) is 5.02 Å². The molecule has 0 saturated carbocycles. The molecular weight excluding hydrogens is 412 g/mol. The van der Waals surface area contributed by atoms with Crippen LogP contribution in [-0.2, 0) is 10.0 Å². The Balaban J connectivity index is 2.35. The monoisotopic (exact) mass is 430 g/mol. The molecule has 2 aromatic rings. The number of nitriles is 2. The SMILES string of the molecule is CN(c1cccc(Cl)c1)S(=O)(=O)c1cccc(C(=O)N(CCC#N)CCC#N)c1. The number of carbonyl (C=O) groups excluding carboxylic acids is 1. The van der Waals surface area contributed by atoms with Crippen LogP contribution in [0.1, 0.15) is 23.2 Å². The number of rotatable bonds is 8. The van der Waals surface area contributed by atoms with Crippen molar-refractivity contribution < 1.29 is 13.2 Å². The van der Waals surface area contributed by atoms with Gasteiger partial charge in [0.1, 0.15) is 0 Å². The molecule has 0 fully saturated rings. The van der Waals surface area contributed by atoms with Crippen LogP contribution in [0.3, 0.4) is 0 Å². The van der Waals surface area contributed by atoms with Gasteiger partial charge in [0.15, 0.2) is 0 Å². The van der Waals surface area contributed by atoms with Crippen molar-refractivity contribution in [3.63, 3.8) is 0 Å². The predicted molar refractivity (Wildman–Crippen MR) is 110 cm³/mol. The molecule has 29 heavy (non-hydrogen) atoms. The fraction of sp³-hybridized carbons (Fsp3) is 0.250. The van der Waals surface area contributed by atoms with Crippen LogP contribution in [0.15, 0.2) is 53.4 Å². The van der Waals surface area contributed by atoms with E-state index in [2.05, 4.69) is 0 Å². The molecule has 9 heteroatoms. The van der Waals surface area contributed by atoms with Crippen molar-refractivity contribution in [3.05, 3.63) is 59.1 Å². The van der Waals surface area contributed by atoms with Crippen LogP contribution in [0.5, 0.6) is 0 Å². The van der Waals surface area contributed by atoms with Gasteiger partial charge < -0.3 is 4.90 Å². The Morgan fingerprint density at radius 3 is 2.24 bits per heavy atom. The molecule has 0 aromatic heterocycles. The summed E-state index contributed by atoms with van der Waals surface area (Å²) < 4.78 is 27.1. The number of sulfonamides is 1. The van der Waals surface area contributed by atoms with Gasteiger partial charge in [-0.2, -0.15) is 10.5 Å². The highest BCUT2D eigenvalue weighted by molar-refractivity contribution is 7.92. The maximum atomic E-state index is 13.0. The fourth-order valence-corrected chi connectivity index (χ4v) is 4.04. The third-order valence-corrected chi connectivity index (χ3v) is 6.20. The molecule has 0 aliphatic rings. The van der Waals surface area contributed by atoms with Crippen LogP contribution >= 0.6 is 11.6 Å². The second-order valence-corrected chi connectivity index (χ2v) is 8.49. The Labute approximate surface area is 175 Å². The highest BCUT2D eigenvalue weighted by Crippen LogP contribution is 2.25. The van der Waals surface area contributed by atoms with Gasteiger partial charge in [0.2, 0.25) is 0 Å². The summed E-state index contributed by atoms with van der Waals surface area (Å²) in [5, 5.41) is 18.0. The van der Waals surface area contributed by atoms with Crippen molar-refractivity contribution >= 4 is 33.2 Å². The number of amides is 1. The van der Waals surface area contributed by atoms with Crippen LogP contribution in [0, 0.1) is 22.7 Å². The molecule has 0 radical (unpaired) electrons. The molecule has 0 saturated heterocycles. The smallest absolute Gasteiger partial charge is 0.264 e. The number of anilines is 1. The van der Waals surface area contributed by atoms with Gasteiger partial charge in [0, 0.05) is 30.7 Å². The van der Waals surface area contributed by atoms with Crippen molar-refractivity contribution in [2.75, 3.05) is 24.4 Å². The Bertz CT molecular complexity index is 1060. The third-order valence-electron chi connectivity index (χ3n) is 4.19. The highest BCUT2D eigenvalue weighted by atomic mass is 35.5. The Kier molecular flexibility index (Phi) is 7.60. The third kappa shape index (κ3) is 5.47. The summed E-state index contributed by atoms with van der Waals surface area (Å²) in [6, 6.07) is 16.0. The first kappa shape index (κ1) is 22.2. The summed E-state index contributed by atoms with van der Waals surface area (Å²) in [5.74, 6) is -0.432. The normalized spacial score (nSPS) is 10.6. The second kappa shape index (κ2) is 9.92. The number of carbonyl (C=O) groups is 1. The average molecular weight is 431 g/mol. The van der Waals surface area contributed by atoms with Gasteiger partial charge >= 0.3 is 0 Å². The lowest BCUT2D eigenvalue weighted by Gasteiger charge is -2.22. The van der Waals surface area contributed by atoms with Gasteiger partial charge in [-0.3, -0.25) is 9.10 Å². The van der Waals surface area contributed by atoms with E-state index in [9.17, 15) is 13.2 Å². The van der Waals surface area contributed by atoms with E-state index in [1.165, 1.54) is 42.3 Å². The zero-order chi connectivity index (χ0) is 21.4. The Morgan fingerprint density at radius 1 is 1.03 bits per heavy atom. The Hall–Kier alpha value is -3.07. The van der Waals surface area contributed by atoms with Crippen LogP contribution in [-0.4, -0.2) is 39.4 Å². The zero-order valence-corrected chi connectivity index (χ0v) is 17.3. The number of hydrogen-bond acceptors (Lipinski definition) is 5. The van der Waals surface area contributed by atoms with Gasteiger partial charge in [0.25, 0.3) is 15.9 Å². The topological polar surface area (TPSA) is 105 Å². The molecule has 1 amide bonds. The van der Waals surface area contributed by atoms with E-state index in [4.69, 9.17) is 22.1 Å². The van der Waals surface area contributed by atoms with Crippen LogP contribution in [0.4, 0.5) is 5.69 Å². The standard InChI is InChI=1S/C20H19ClN4O3S/c1-24(18-8-3-7-17(21)15-18)29(27,28)19-9-2-6-16(14-19)20(26)25(12-4-10-22)13-5-11-23/h2-3,6-9,14-15H,4-5,12-13H2,1H3. The summed E-state index contributed by atoms with van der Waals surface area (Å²) in [4.78, 5) is 14.1. The number of halogens is 1. The minimum atomic E-state index is -3.93. The average Bonchev–Trinajstić information content (AvgIpc) is 2.73. The predicted octanol–water partition coefficient (Wildman–Crippen LogP) is 3.43. The maximum Gasteiger partial charge on any atom is 0.264 e. The van der Waals surface area contributed by atoms with E-state index in [1.54, 1.807) is 18.2 Å². The number of hydrogen-bond donors (Lipinski definition) is 0. The minimum absolute atomic E-state index is 0.0497. The van der Waals surface area contributed by atoms with E-state index in [0.29, 0.717) is 10.7 Å². The zero-order valence-electron chi connectivity index (χ0n) is 15.7. The van der Waals surface area contributed by atoms with Gasteiger partial charge in [0.05, 0.1) is 35.6 Å². The highest BCUT2D eigenvalue weighted by Gasteiger charge is 2.24. The molecule has 0 spiro atoms. The van der Waals surface area contributed by atoms with E-state index < -0.39 is 15.9 Å². The second-order valence-electron chi connectivity index (χ2n) is 6.09. The van der Waals surface area contributed by atoms with Gasteiger partial charge in [-0.15, -0.1) is 0 Å². The first-order valence-corrected chi connectivity index (χ1v) is 10.5. The molecule has 2 rings (SSSR count). The maximum absolute atomic E-state index is 13.0. The van der Waals surface area contributed by atoms with Gasteiger partial charge in [-0.1, -0.05) is 23.7 Å². The molecule has 7 nitrogen and oxygen atoms in total. The summed E-state index contributed by atoms with van der Waals surface area (Å²) in [5.41, 5.74) is 0.556. The molecule has 2 aromatic carbocycles. The summed E-state index contributed by atoms with van der Waals surface area (Å²) in [6.45, 7) is 0.326. The number of nitrogens with zero attached hydrogens (tertiary/aromatic N) is 4. The minimum Gasteiger partial charge on any atom is -0.337 e. The quantitative estimate of drug-likeness (QED) is 0.637. The van der Waals surface area contributed by atoms with E-state index in [-0.39, 0.29) is 36.4 Å². The van der Waals surface area contributed by atoms with Crippen molar-refractivity contribution in [1.29, 1.82) is 10.5 Å². The first-order chi connectivity index (χ1) is 13.8.